The highest BCUT2D eigenvalue weighted by Gasteiger charge is 2.23. The van der Waals surface area contributed by atoms with Crippen LogP contribution < -0.4 is 0 Å². The van der Waals surface area contributed by atoms with Crippen molar-refractivity contribution >= 4 is 17.5 Å². The average molecular weight is 338 g/mol. The van der Waals surface area contributed by atoms with Crippen LogP contribution in [-0.2, 0) is 13.1 Å². The molecule has 0 radical (unpaired) electrons. The van der Waals surface area contributed by atoms with Crippen molar-refractivity contribution < 1.29 is 9.21 Å². The molecule has 1 saturated heterocycles. The van der Waals surface area contributed by atoms with Gasteiger partial charge >= 0.3 is 0 Å². The van der Waals surface area contributed by atoms with Gasteiger partial charge in [-0.3, -0.25) is 9.69 Å². The van der Waals surface area contributed by atoms with Crippen LogP contribution in [-0.4, -0.2) is 56.7 Å². The SMILES string of the molecule is CCn1cnnc1CN1CCCN(C(=O)c2ccc(Cl)o2)CC1. The second-order valence-corrected chi connectivity index (χ2v) is 5.93. The van der Waals surface area contributed by atoms with Crippen molar-refractivity contribution in [3.05, 3.63) is 35.3 Å². The summed E-state index contributed by atoms with van der Waals surface area (Å²) < 4.78 is 7.26. The fraction of sp³-hybridized carbons (Fsp3) is 0.533. The van der Waals surface area contributed by atoms with Crippen molar-refractivity contribution in [3.8, 4) is 0 Å². The number of carbonyl (C=O) groups is 1. The number of halogens is 1. The van der Waals surface area contributed by atoms with E-state index in [-0.39, 0.29) is 11.1 Å². The molecule has 2 aromatic heterocycles. The van der Waals surface area contributed by atoms with E-state index in [0.29, 0.717) is 18.8 Å². The summed E-state index contributed by atoms with van der Waals surface area (Å²) in [5.74, 6) is 1.16. The van der Waals surface area contributed by atoms with Crippen molar-refractivity contribution in [2.24, 2.45) is 0 Å². The zero-order valence-corrected chi connectivity index (χ0v) is 13.9. The van der Waals surface area contributed by atoms with Crippen LogP contribution in [0.2, 0.25) is 5.22 Å². The minimum atomic E-state index is -0.101. The Bertz CT molecular complexity index is 668. The van der Waals surface area contributed by atoms with E-state index in [9.17, 15) is 4.79 Å². The highest BCUT2D eigenvalue weighted by atomic mass is 35.5. The number of carbonyl (C=O) groups excluding carboxylic acids is 1. The van der Waals surface area contributed by atoms with Crippen molar-refractivity contribution in [1.82, 2.24) is 24.6 Å². The number of hydrogen-bond acceptors (Lipinski definition) is 5. The maximum absolute atomic E-state index is 12.4. The third-order valence-corrected chi connectivity index (χ3v) is 4.26. The molecule has 1 aliphatic rings. The number of rotatable bonds is 4. The molecule has 8 heteroatoms. The van der Waals surface area contributed by atoms with Crippen LogP contribution in [0.4, 0.5) is 0 Å². The van der Waals surface area contributed by atoms with Gasteiger partial charge in [0.25, 0.3) is 5.91 Å². The molecule has 0 spiro atoms. The lowest BCUT2D eigenvalue weighted by Gasteiger charge is -2.21. The Kier molecular flexibility index (Phi) is 4.97. The van der Waals surface area contributed by atoms with Crippen LogP contribution in [0.15, 0.2) is 22.9 Å². The molecule has 124 valence electrons. The zero-order chi connectivity index (χ0) is 16.2. The molecule has 3 heterocycles. The molecule has 2 aromatic rings. The third kappa shape index (κ3) is 3.73. The topological polar surface area (TPSA) is 67.4 Å². The van der Waals surface area contributed by atoms with Gasteiger partial charge in [-0.1, -0.05) is 0 Å². The van der Waals surface area contributed by atoms with Gasteiger partial charge < -0.3 is 13.9 Å². The van der Waals surface area contributed by atoms with E-state index in [4.69, 9.17) is 16.0 Å². The average Bonchev–Trinajstić information content (AvgIpc) is 3.11. The van der Waals surface area contributed by atoms with Gasteiger partial charge in [0.05, 0.1) is 6.54 Å². The van der Waals surface area contributed by atoms with E-state index in [1.54, 1.807) is 18.5 Å². The van der Waals surface area contributed by atoms with Gasteiger partial charge in [-0.25, -0.2) is 0 Å². The van der Waals surface area contributed by atoms with Crippen molar-refractivity contribution in [2.75, 3.05) is 26.2 Å². The first-order valence-electron chi connectivity index (χ1n) is 7.81. The first-order chi connectivity index (χ1) is 11.2. The number of amides is 1. The van der Waals surface area contributed by atoms with Gasteiger partial charge in [0, 0.05) is 32.7 Å². The molecule has 3 rings (SSSR count). The maximum Gasteiger partial charge on any atom is 0.289 e. The van der Waals surface area contributed by atoms with Gasteiger partial charge in [0.1, 0.15) is 12.2 Å². The van der Waals surface area contributed by atoms with Gasteiger partial charge in [0.15, 0.2) is 11.0 Å². The van der Waals surface area contributed by atoms with Gasteiger partial charge in [-0.15, -0.1) is 10.2 Å². The highest BCUT2D eigenvalue weighted by molar-refractivity contribution is 6.29. The number of aryl methyl sites for hydroxylation is 1. The smallest absolute Gasteiger partial charge is 0.289 e. The molecular formula is C15H20ClN5O2. The molecule has 23 heavy (non-hydrogen) atoms. The van der Waals surface area contributed by atoms with Crippen LogP contribution >= 0.6 is 11.6 Å². The Morgan fingerprint density at radius 2 is 2.17 bits per heavy atom. The first-order valence-corrected chi connectivity index (χ1v) is 8.19. The van der Waals surface area contributed by atoms with E-state index in [1.165, 1.54) is 0 Å². The van der Waals surface area contributed by atoms with Gasteiger partial charge in [0.2, 0.25) is 0 Å². The summed E-state index contributed by atoms with van der Waals surface area (Å²) in [4.78, 5) is 16.5. The number of furan rings is 1. The Morgan fingerprint density at radius 1 is 1.30 bits per heavy atom. The Morgan fingerprint density at radius 3 is 2.91 bits per heavy atom. The molecule has 7 nitrogen and oxygen atoms in total. The van der Waals surface area contributed by atoms with Crippen LogP contribution in [0.3, 0.4) is 0 Å². The molecule has 1 fully saturated rings. The fourth-order valence-corrected chi connectivity index (χ4v) is 2.93. The lowest BCUT2D eigenvalue weighted by Crippen LogP contribution is -2.35. The first kappa shape index (κ1) is 16.0. The monoisotopic (exact) mass is 337 g/mol. The molecule has 1 amide bonds. The van der Waals surface area contributed by atoms with E-state index < -0.39 is 0 Å². The number of aromatic nitrogens is 3. The summed E-state index contributed by atoms with van der Waals surface area (Å²) in [6, 6.07) is 3.22. The molecular weight excluding hydrogens is 318 g/mol. The molecule has 0 aliphatic carbocycles. The van der Waals surface area contributed by atoms with E-state index in [1.807, 2.05) is 9.47 Å². The Labute approximate surface area is 139 Å². The second-order valence-electron chi connectivity index (χ2n) is 5.56. The van der Waals surface area contributed by atoms with Crippen LogP contribution in [0.1, 0.15) is 29.7 Å². The van der Waals surface area contributed by atoms with E-state index in [2.05, 4.69) is 22.0 Å². The summed E-state index contributed by atoms with van der Waals surface area (Å²) in [5.41, 5.74) is 0. The van der Waals surface area contributed by atoms with Crippen molar-refractivity contribution in [1.29, 1.82) is 0 Å². The van der Waals surface area contributed by atoms with E-state index >= 15 is 0 Å². The minimum Gasteiger partial charge on any atom is -0.440 e. The molecule has 0 N–H and O–H groups in total. The zero-order valence-electron chi connectivity index (χ0n) is 13.1. The summed E-state index contributed by atoms with van der Waals surface area (Å²) in [7, 11) is 0. The van der Waals surface area contributed by atoms with Gasteiger partial charge in [-0.2, -0.15) is 0 Å². The summed E-state index contributed by atoms with van der Waals surface area (Å²) in [6.07, 6.45) is 2.67. The van der Waals surface area contributed by atoms with Crippen LogP contribution in [0, 0.1) is 0 Å². The second kappa shape index (κ2) is 7.14. The quantitative estimate of drug-likeness (QED) is 0.852. The predicted molar refractivity (Wildman–Crippen MR) is 85.2 cm³/mol. The largest absolute Gasteiger partial charge is 0.440 e. The molecule has 0 unspecified atom stereocenters. The van der Waals surface area contributed by atoms with Crippen molar-refractivity contribution in [2.45, 2.75) is 26.4 Å². The maximum atomic E-state index is 12.4. The third-order valence-electron chi connectivity index (χ3n) is 4.06. The van der Waals surface area contributed by atoms with Gasteiger partial charge in [-0.05, 0) is 37.1 Å². The van der Waals surface area contributed by atoms with E-state index in [0.717, 1.165) is 38.4 Å². The lowest BCUT2D eigenvalue weighted by atomic mass is 10.3. The van der Waals surface area contributed by atoms with Crippen LogP contribution in [0.5, 0.6) is 0 Å². The number of nitrogens with zero attached hydrogens (tertiary/aromatic N) is 5. The van der Waals surface area contributed by atoms with Crippen molar-refractivity contribution in [3.63, 3.8) is 0 Å². The molecule has 0 aromatic carbocycles. The Balaban J connectivity index is 1.60. The standard InChI is InChI=1S/C15H20ClN5O2/c1-2-20-11-17-18-14(20)10-19-6-3-7-21(9-8-19)15(22)12-4-5-13(16)23-12/h4-5,11H,2-3,6-10H2,1H3. The Hall–Kier alpha value is -1.86. The molecule has 0 atom stereocenters. The lowest BCUT2D eigenvalue weighted by molar-refractivity contribution is 0.0729. The minimum absolute atomic E-state index is 0.101. The summed E-state index contributed by atoms with van der Waals surface area (Å²) in [6.45, 7) is 6.80. The van der Waals surface area contributed by atoms with Crippen LogP contribution in [0.25, 0.3) is 0 Å². The molecule has 0 bridgehead atoms. The molecule has 1 aliphatic heterocycles. The predicted octanol–water partition coefficient (Wildman–Crippen LogP) is 1.89. The normalized spacial score (nSPS) is 16.5. The summed E-state index contributed by atoms with van der Waals surface area (Å²) in [5, 5.41) is 8.38. The molecule has 0 saturated carbocycles. The summed E-state index contributed by atoms with van der Waals surface area (Å²) >= 11 is 5.75. The number of hydrogen-bond donors (Lipinski definition) is 0. The highest BCUT2D eigenvalue weighted by Crippen LogP contribution is 2.16. The fourth-order valence-electron chi connectivity index (χ4n) is 2.78.